The molecule has 6 heteroatoms. The third-order valence-electron chi connectivity index (χ3n) is 4.70. The van der Waals surface area contributed by atoms with Crippen LogP contribution in [0.2, 0.25) is 0 Å². The number of carbonyl (C=O) groups excluding carboxylic acids is 1. The van der Waals surface area contributed by atoms with Crippen LogP contribution in [0.5, 0.6) is 0 Å². The molecule has 0 aromatic carbocycles. The zero-order valence-electron chi connectivity index (χ0n) is 12.5. The number of amides is 2. The molecule has 116 valence electrons. The maximum absolute atomic E-state index is 12.1. The Kier molecular flexibility index (Phi) is 4.14. The number of nitrogens with one attached hydrogen (secondary N) is 2. The number of carbonyl (C=O) groups is 1. The van der Waals surface area contributed by atoms with Gasteiger partial charge in [-0.3, -0.25) is 10.00 Å². The highest BCUT2D eigenvalue weighted by molar-refractivity contribution is 5.88. The number of aliphatic hydroxyl groups is 1. The van der Waals surface area contributed by atoms with Gasteiger partial charge in [0.05, 0.1) is 11.8 Å². The molecule has 0 atom stereocenters. The van der Waals surface area contributed by atoms with Crippen LogP contribution in [0.3, 0.4) is 0 Å². The number of aromatic nitrogens is 2. The fourth-order valence-electron chi connectivity index (χ4n) is 3.07. The van der Waals surface area contributed by atoms with E-state index in [1.54, 1.807) is 4.68 Å². The number of hydrogen-bond donors (Lipinski definition) is 3. The van der Waals surface area contributed by atoms with Gasteiger partial charge >= 0.3 is 6.03 Å². The van der Waals surface area contributed by atoms with E-state index in [9.17, 15) is 9.90 Å². The molecule has 2 aliphatic carbocycles. The van der Waals surface area contributed by atoms with Crippen molar-refractivity contribution in [1.82, 2.24) is 15.1 Å². The Labute approximate surface area is 124 Å². The highest BCUT2D eigenvalue weighted by Gasteiger charge is 2.24. The fourth-order valence-corrected chi connectivity index (χ4v) is 3.07. The quantitative estimate of drug-likeness (QED) is 0.798. The Morgan fingerprint density at radius 2 is 2.00 bits per heavy atom. The molecular formula is C15H24N4O2. The van der Waals surface area contributed by atoms with Crippen molar-refractivity contribution >= 4 is 11.8 Å². The van der Waals surface area contributed by atoms with Gasteiger partial charge in [-0.05, 0) is 38.5 Å². The van der Waals surface area contributed by atoms with E-state index < -0.39 is 0 Å². The first-order valence-electron chi connectivity index (χ1n) is 7.91. The smallest absolute Gasteiger partial charge is 0.320 e. The normalized spacial score (nSPS) is 26.2. The molecule has 21 heavy (non-hydrogen) atoms. The van der Waals surface area contributed by atoms with Crippen LogP contribution in [0, 0.1) is 0 Å². The summed E-state index contributed by atoms with van der Waals surface area (Å²) >= 11 is 0. The molecular weight excluding hydrogens is 268 g/mol. The van der Waals surface area contributed by atoms with Crippen molar-refractivity contribution < 1.29 is 9.90 Å². The number of aliphatic hydroxyl groups excluding tert-OH is 1. The van der Waals surface area contributed by atoms with E-state index in [0.717, 1.165) is 37.2 Å². The van der Waals surface area contributed by atoms with Crippen molar-refractivity contribution in [2.75, 3.05) is 5.32 Å². The molecule has 0 radical (unpaired) electrons. The zero-order valence-corrected chi connectivity index (χ0v) is 12.5. The maximum Gasteiger partial charge on any atom is 0.320 e. The van der Waals surface area contributed by atoms with Gasteiger partial charge in [-0.15, -0.1) is 0 Å². The molecule has 0 saturated heterocycles. The fraction of sp³-hybridized carbons (Fsp3) is 0.733. The van der Waals surface area contributed by atoms with Crippen LogP contribution in [0.4, 0.5) is 10.6 Å². The third kappa shape index (κ3) is 3.37. The van der Waals surface area contributed by atoms with E-state index in [1.807, 2.05) is 13.1 Å². The average Bonchev–Trinajstić information content (AvgIpc) is 2.71. The minimum Gasteiger partial charge on any atom is -0.393 e. The topological polar surface area (TPSA) is 79.2 Å². The molecule has 1 aromatic heterocycles. The van der Waals surface area contributed by atoms with Gasteiger partial charge in [-0.2, -0.15) is 5.10 Å². The van der Waals surface area contributed by atoms with Crippen molar-refractivity contribution in [2.24, 2.45) is 7.05 Å². The van der Waals surface area contributed by atoms with Crippen LogP contribution in [0.15, 0.2) is 6.07 Å². The van der Waals surface area contributed by atoms with Gasteiger partial charge in [-0.1, -0.05) is 6.42 Å². The minimum atomic E-state index is -0.201. The minimum absolute atomic E-state index is 0.160. The second kappa shape index (κ2) is 6.05. The second-order valence-corrected chi connectivity index (χ2v) is 6.31. The number of rotatable bonds is 3. The number of aryl methyl sites for hydroxylation is 1. The number of anilines is 1. The number of nitrogens with zero attached hydrogens (tertiary/aromatic N) is 2. The van der Waals surface area contributed by atoms with E-state index in [2.05, 4.69) is 15.7 Å². The van der Waals surface area contributed by atoms with Crippen LogP contribution in [0.1, 0.15) is 56.6 Å². The first kappa shape index (κ1) is 14.4. The highest BCUT2D eigenvalue weighted by atomic mass is 16.3. The predicted molar refractivity (Wildman–Crippen MR) is 80.2 cm³/mol. The zero-order chi connectivity index (χ0) is 14.8. The van der Waals surface area contributed by atoms with Gasteiger partial charge in [0.25, 0.3) is 0 Å². The van der Waals surface area contributed by atoms with Crippen LogP contribution < -0.4 is 10.6 Å². The molecule has 0 spiro atoms. The van der Waals surface area contributed by atoms with Crippen LogP contribution >= 0.6 is 0 Å². The second-order valence-electron chi connectivity index (χ2n) is 6.31. The predicted octanol–water partition coefficient (Wildman–Crippen LogP) is 2.11. The van der Waals surface area contributed by atoms with Gasteiger partial charge in [0.2, 0.25) is 0 Å². The summed E-state index contributed by atoms with van der Waals surface area (Å²) in [5, 5.41) is 19.8. The lowest BCUT2D eigenvalue weighted by Gasteiger charge is -2.26. The first-order valence-corrected chi connectivity index (χ1v) is 7.91. The third-order valence-corrected chi connectivity index (χ3v) is 4.70. The summed E-state index contributed by atoms with van der Waals surface area (Å²) in [6, 6.07) is 1.96. The summed E-state index contributed by atoms with van der Waals surface area (Å²) in [5.41, 5.74) is 1.08. The Balaban J connectivity index is 1.53. The van der Waals surface area contributed by atoms with E-state index in [1.165, 1.54) is 19.3 Å². The largest absolute Gasteiger partial charge is 0.393 e. The molecule has 2 aliphatic rings. The first-order chi connectivity index (χ1) is 10.1. The molecule has 0 aliphatic heterocycles. The average molecular weight is 292 g/mol. The van der Waals surface area contributed by atoms with Gasteiger partial charge in [0, 0.05) is 25.1 Å². The van der Waals surface area contributed by atoms with Crippen molar-refractivity contribution in [3.63, 3.8) is 0 Å². The molecule has 2 amide bonds. The molecule has 1 aromatic rings. The lowest BCUT2D eigenvalue weighted by Crippen LogP contribution is -2.41. The Morgan fingerprint density at radius 3 is 2.62 bits per heavy atom. The maximum atomic E-state index is 12.1. The summed E-state index contributed by atoms with van der Waals surface area (Å²) in [5.74, 6) is 1.31. The SMILES string of the molecule is Cn1nc(C2CCC2)cc1NC(=O)NC1CCC(O)CC1. The van der Waals surface area contributed by atoms with Gasteiger partial charge in [-0.25, -0.2) is 4.79 Å². The number of hydrogen-bond acceptors (Lipinski definition) is 3. The van der Waals surface area contributed by atoms with Gasteiger partial charge < -0.3 is 10.4 Å². The molecule has 2 saturated carbocycles. The van der Waals surface area contributed by atoms with Crippen molar-refractivity contribution in [3.8, 4) is 0 Å². The summed E-state index contributed by atoms with van der Waals surface area (Å²) in [4.78, 5) is 12.1. The Bertz CT molecular complexity index is 502. The lowest BCUT2D eigenvalue weighted by molar-refractivity contribution is 0.118. The van der Waals surface area contributed by atoms with Gasteiger partial charge in [0.1, 0.15) is 5.82 Å². The molecule has 2 fully saturated rings. The van der Waals surface area contributed by atoms with Crippen molar-refractivity contribution in [3.05, 3.63) is 11.8 Å². The van der Waals surface area contributed by atoms with Crippen molar-refractivity contribution in [1.29, 1.82) is 0 Å². The van der Waals surface area contributed by atoms with Crippen LogP contribution in [-0.2, 0) is 7.05 Å². The Morgan fingerprint density at radius 1 is 1.29 bits per heavy atom. The summed E-state index contributed by atoms with van der Waals surface area (Å²) < 4.78 is 1.73. The molecule has 0 bridgehead atoms. The monoisotopic (exact) mass is 292 g/mol. The molecule has 3 rings (SSSR count). The van der Waals surface area contributed by atoms with E-state index in [4.69, 9.17) is 0 Å². The molecule has 3 N–H and O–H groups in total. The highest BCUT2D eigenvalue weighted by Crippen LogP contribution is 2.36. The molecule has 6 nitrogen and oxygen atoms in total. The number of urea groups is 1. The summed E-state index contributed by atoms with van der Waals surface area (Å²) in [6.07, 6.45) is 6.69. The van der Waals surface area contributed by atoms with E-state index >= 15 is 0 Å². The standard InChI is InChI=1S/C15H24N4O2/c1-19-14(9-13(18-19)10-3-2-4-10)17-15(21)16-11-5-7-12(20)8-6-11/h9-12,20H,2-8H2,1H3,(H2,16,17,21). The summed E-state index contributed by atoms with van der Waals surface area (Å²) in [7, 11) is 1.86. The van der Waals surface area contributed by atoms with Gasteiger partial charge in [0.15, 0.2) is 0 Å². The molecule has 0 unspecified atom stereocenters. The van der Waals surface area contributed by atoms with Crippen LogP contribution in [-0.4, -0.2) is 33.1 Å². The van der Waals surface area contributed by atoms with E-state index in [0.29, 0.717) is 5.92 Å². The van der Waals surface area contributed by atoms with Crippen LogP contribution in [0.25, 0.3) is 0 Å². The Hall–Kier alpha value is -1.56. The summed E-state index contributed by atoms with van der Waals surface area (Å²) in [6.45, 7) is 0. The van der Waals surface area contributed by atoms with E-state index in [-0.39, 0.29) is 18.2 Å². The lowest BCUT2D eigenvalue weighted by atomic mass is 9.83. The van der Waals surface area contributed by atoms with Crippen molar-refractivity contribution in [2.45, 2.75) is 63.0 Å². The molecule has 1 heterocycles.